The highest BCUT2D eigenvalue weighted by molar-refractivity contribution is 5.87. The second-order valence-electron chi connectivity index (χ2n) is 12.7. The van der Waals surface area contributed by atoms with Crippen molar-refractivity contribution in [1.29, 1.82) is 0 Å². The molecule has 0 aromatic heterocycles. The fraction of sp³-hybridized carbons (Fsp3) is 0.500. The van der Waals surface area contributed by atoms with Crippen LogP contribution in [0.15, 0.2) is 70.5 Å². The second-order valence-corrected chi connectivity index (χ2v) is 12.7. The number of hydrogen-bond acceptors (Lipinski definition) is 8. The number of carbonyl (C=O) groups is 1. The highest BCUT2D eigenvalue weighted by atomic mass is 16.5. The zero-order valence-corrected chi connectivity index (χ0v) is 25.8. The normalized spacial score (nSPS) is 17.4. The number of aromatic hydroxyl groups is 1. The second kappa shape index (κ2) is 15.5. The Morgan fingerprint density at radius 2 is 1.91 bits per heavy atom. The molecule has 1 saturated carbocycles. The van der Waals surface area contributed by atoms with Gasteiger partial charge in [0.25, 0.3) is 0 Å². The van der Waals surface area contributed by atoms with Gasteiger partial charge in [-0.3, -0.25) is 9.79 Å². The number of nitrogens with zero attached hydrogens (tertiary/aromatic N) is 2. The van der Waals surface area contributed by atoms with Gasteiger partial charge in [-0.15, -0.1) is 0 Å². The molecule has 2 aromatic rings. The molecule has 1 aliphatic carbocycles. The van der Waals surface area contributed by atoms with Gasteiger partial charge in [0.2, 0.25) is 0 Å². The van der Waals surface area contributed by atoms with Crippen LogP contribution in [-0.4, -0.2) is 46.5 Å². The van der Waals surface area contributed by atoms with Gasteiger partial charge in [-0.05, 0) is 59.6 Å². The quantitative estimate of drug-likeness (QED) is 0.141. The lowest BCUT2D eigenvalue weighted by Gasteiger charge is -2.21. The number of aliphatic imine (C=N–C) groups is 1. The number of allylic oxidation sites excluding steroid dienone is 1. The lowest BCUT2D eigenvalue weighted by molar-refractivity contribution is -0.121. The first kappa shape index (κ1) is 31.9. The van der Waals surface area contributed by atoms with Gasteiger partial charge >= 0.3 is 0 Å². The number of carbonyl (C=O) groups excluding carboxylic acids is 1. The van der Waals surface area contributed by atoms with E-state index in [1.54, 1.807) is 12.1 Å². The van der Waals surface area contributed by atoms with E-state index in [4.69, 9.17) is 16.2 Å². The van der Waals surface area contributed by atoms with Gasteiger partial charge in [-0.2, -0.15) is 0 Å². The van der Waals surface area contributed by atoms with Crippen LogP contribution in [0.1, 0.15) is 93.5 Å². The minimum Gasteiger partial charge on any atom is -0.504 e. The summed E-state index contributed by atoms with van der Waals surface area (Å²) in [6.45, 7) is 0.925. The van der Waals surface area contributed by atoms with E-state index in [1.807, 2.05) is 41.6 Å². The third-order valence-corrected chi connectivity index (χ3v) is 9.14. The molecule has 5 rings (SSSR count). The predicted molar refractivity (Wildman–Crippen MR) is 174 cm³/mol. The number of unbranched alkanes of at least 4 members (excludes halogenated alkanes) is 1. The Balaban J connectivity index is 1.05. The molecule has 1 atom stereocenters. The first-order valence-electron chi connectivity index (χ1n) is 16.3. The Morgan fingerprint density at radius 3 is 2.73 bits per heavy atom. The number of rotatable bonds is 16. The Hall–Kier alpha value is -3.46. The van der Waals surface area contributed by atoms with Crippen molar-refractivity contribution in [2.75, 3.05) is 13.3 Å². The molecule has 0 bridgehead atoms. The number of hydrogen-bond donors (Lipinski definition) is 4. The summed E-state index contributed by atoms with van der Waals surface area (Å²) in [5.74, 6) is 1.38. The van der Waals surface area contributed by atoms with Gasteiger partial charge in [0.15, 0.2) is 18.2 Å². The third kappa shape index (κ3) is 9.03. The summed E-state index contributed by atoms with van der Waals surface area (Å²) in [5, 5.41) is 20.8. The molecule has 3 aliphatic rings. The zero-order chi connectivity index (χ0) is 30.9. The summed E-state index contributed by atoms with van der Waals surface area (Å²) in [6.07, 6.45) is 15.6. The molecule has 6 N–H and O–H groups in total. The van der Waals surface area contributed by atoms with E-state index < -0.39 is 12.3 Å². The number of fused-ring (bicyclic) bond motifs is 1. The molecule has 2 heterocycles. The number of benzene rings is 2. The SMILES string of the molecule is NC(N)c1cccc(CC2=C3CN(COc4cc(CCC(=O)C[C@H](O)CCCCC5CCCCC5)ccc4O)C=C3N=C2)c1. The van der Waals surface area contributed by atoms with Crippen molar-refractivity contribution in [1.82, 2.24) is 4.90 Å². The number of ketones is 1. The lowest BCUT2D eigenvalue weighted by Crippen LogP contribution is -2.21. The zero-order valence-electron chi connectivity index (χ0n) is 25.8. The molecule has 0 amide bonds. The molecule has 0 spiro atoms. The van der Waals surface area contributed by atoms with E-state index in [0.29, 0.717) is 31.6 Å². The molecule has 44 heavy (non-hydrogen) atoms. The molecule has 2 aromatic carbocycles. The monoisotopic (exact) mass is 600 g/mol. The number of Topliss-reactive ketones (excluding diaryl/α,β-unsaturated/α-hetero) is 1. The van der Waals surface area contributed by atoms with Crippen LogP contribution in [-0.2, 0) is 17.6 Å². The van der Waals surface area contributed by atoms with Gasteiger partial charge in [-0.1, -0.05) is 81.7 Å². The maximum Gasteiger partial charge on any atom is 0.163 e. The van der Waals surface area contributed by atoms with E-state index in [-0.39, 0.29) is 24.7 Å². The average molecular weight is 601 g/mol. The first-order valence-corrected chi connectivity index (χ1v) is 16.3. The van der Waals surface area contributed by atoms with E-state index in [2.05, 4.69) is 11.1 Å². The minimum absolute atomic E-state index is 0.0617. The fourth-order valence-corrected chi connectivity index (χ4v) is 6.57. The molecule has 1 fully saturated rings. The summed E-state index contributed by atoms with van der Waals surface area (Å²) in [4.78, 5) is 19.2. The molecule has 8 nitrogen and oxygen atoms in total. The number of aliphatic hydroxyl groups excluding tert-OH is 1. The highest BCUT2D eigenvalue weighted by Gasteiger charge is 2.25. The summed E-state index contributed by atoms with van der Waals surface area (Å²) in [5.41, 5.74) is 17.9. The molecule has 0 unspecified atom stereocenters. The summed E-state index contributed by atoms with van der Waals surface area (Å²) < 4.78 is 6.00. The Morgan fingerprint density at radius 1 is 1.07 bits per heavy atom. The topological polar surface area (TPSA) is 134 Å². The van der Waals surface area contributed by atoms with Crippen molar-refractivity contribution in [3.63, 3.8) is 0 Å². The van der Waals surface area contributed by atoms with E-state index in [9.17, 15) is 15.0 Å². The standard InChI is InChI=1S/C36H48N4O4/c37-36(38)28-11-6-10-27(17-28)18-29-21-39-33-23-40(22-32(29)33)24-44-35-19-26(14-16-34(35)43)13-15-31(42)20-30(41)12-5-4-9-25-7-2-1-3-8-25/h6,10-11,14,16-17,19,21,23,25,30,36,41,43H,1-5,7-9,12-13,15,18,20,22,24,37-38H2/t30-/m1/s1. The van der Waals surface area contributed by atoms with Crippen LogP contribution in [0.4, 0.5) is 0 Å². The maximum absolute atomic E-state index is 12.6. The van der Waals surface area contributed by atoms with Gasteiger partial charge in [0.05, 0.1) is 18.0 Å². The molecule has 0 saturated heterocycles. The number of aliphatic hydroxyl groups is 1. The summed E-state index contributed by atoms with van der Waals surface area (Å²) >= 11 is 0. The van der Waals surface area contributed by atoms with Gasteiger partial charge in [-0.25, -0.2) is 0 Å². The predicted octanol–water partition coefficient (Wildman–Crippen LogP) is 5.82. The fourth-order valence-electron chi connectivity index (χ4n) is 6.57. The van der Waals surface area contributed by atoms with Crippen molar-refractivity contribution in [3.8, 4) is 11.5 Å². The van der Waals surface area contributed by atoms with Gasteiger partial charge in [0.1, 0.15) is 5.78 Å². The number of phenols is 1. The van der Waals surface area contributed by atoms with Gasteiger partial charge < -0.3 is 31.3 Å². The average Bonchev–Trinajstić information content (AvgIpc) is 3.60. The van der Waals surface area contributed by atoms with Crippen LogP contribution in [0.5, 0.6) is 11.5 Å². The molecule has 236 valence electrons. The Labute approximate surface area is 261 Å². The summed E-state index contributed by atoms with van der Waals surface area (Å²) in [6, 6.07) is 13.2. The van der Waals surface area contributed by atoms with Crippen LogP contribution in [0.2, 0.25) is 0 Å². The number of phenolic OH excluding ortho intramolecular Hbond substituents is 1. The molecule has 8 heteroatoms. The van der Waals surface area contributed by atoms with Gasteiger partial charge in [0, 0.05) is 37.4 Å². The molecule has 2 aliphatic heterocycles. The number of aryl methyl sites for hydroxylation is 1. The largest absolute Gasteiger partial charge is 0.504 e. The number of nitrogens with two attached hydrogens (primary N) is 2. The van der Waals surface area contributed by atoms with Crippen LogP contribution < -0.4 is 16.2 Å². The Kier molecular flexibility index (Phi) is 11.3. The number of ether oxygens (including phenoxy) is 1. The Bertz CT molecular complexity index is 1380. The van der Waals surface area contributed by atoms with Crippen LogP contribution >= 0.6 is 0 Å². The van der Waals surface area contributed by atoms with E-state index >= 15 is 0 Å². The van der Waals surface area contributed by atoms with Crippen LogP contribution in [0.3, 0.4) is 0 Å². The first-order chi connectivity index (χ1) is 21.3. The van der Waals surface area contributed by atoms with Crippen LogP contribution in [0, 0.1) is 5.92 Å². The maximum atomic E-state index is 12.6. The third-order valence-electron chi connectivity index (χ3n) is 9.14. The van der Waals surface area contributed by atoms with Crippen molar-refractivity contribution < 1.29 is 19.7 Å². The minimum atomic E-state index is -0.559. The summed E-state index contributed by atoms with van der Waals surface area (Å²) in [7, 11) is 0. The van der Waals surface area contributed by atoms with Crippen LogP contribution in [0.25, 0.3) is 0 Å². The smallest absolute Gasteiger partial charge is 0.163 e. The highest BCUT2D eigenvalue weighted by Crippen LogP contribution is 2.33. The molecular weight excluding hydrogens is 552 g/mol. The van der Waals surface area contributed by atoms with E-state index in [0.717, 1.165) is 53.1 Å². The molecule has 0 radical (unpaired) electrons. The molecular formula is C36H48N4O4. The van der Waals surface area contributed by atoms with Crippen molar-refractivity contribution in [2.45, 2.75) is 95.7 Å². The lowest BCUT2D eigenvalue weighted by atomic mass is 9.85. The van der Waals surface area contributed by atoms with Crippen molar-refractivity contribution in [3.05, 3.63) is 82.2 Å². The van der Waals surface area contributed by atoms with Crippen molar-refractivity contribution in [2.24, 2.45) is 22.4 Å². The van der Waals surface area contributed by atoms with E-state index in [1.165, 1.54) is 44.1 Å². The van der Waals surface area contributed by atoms with Crippen molar-refractivity contribution >= 4 is 12.0 Å².